The Bertz CT molecular complexity index is 1080. The van der Waals surface area contributed by atoms with E-state index in [4.69, 9.17) is 10.00 Å². The van der Waals surface area contributed by atoms with Crippen LogP contribution >= 0.6 is 11.3 Å². The number of nitrogens with one attached hydrogen (secondary N) is 1. The highest BCUT2D eigenvalue weighted by atomic mass is 32.1. The van der Waals surface area contributed by atoms with Crippen molar-refractivity contribution >= 4 is 26.8 Å². The van der Waals surface area contributed by atoms with Crippen molar-refractivity contribution in [1.82, 2.24) is 15.0 Å². The summed E-state index contributed by atoms with van der Waals surface area (Å²) in [6, 6.07) is 9.15. The summed E-state index contributed by atoms with van der Waals surface area (Å²) in [5.74, 6) is 0.930. The van der Waals surface area contributed by atoms with Crippen LogP contribution in [0.1, 0.15) is 24.2 Å². The third kappa shape index (κ3) is 3.68. The van der Waals surface area contributed by atoms with Crippen LogP contribution in [0.4, 0.5) is 9.52 Å². The van der Waals surface area contributed by atoms with Crippen molar-refractivity contribution in [3.63, 3.8) is 0 Å². The van der Waals surface area contributed by atoms with Gasteiger partial charge in [0.25, 0.3) is 5.56 Å². The fourth-order valence-corrected chi connectivity index (χ4v) is 4.19. The zero-order valence-electron chi connectivity index (χ0n) is 15.0. The summed E-state index contributed by atoms with van der Waals surface area (Å²) in [6.07, 6.45) is 1.61. The molecule has 0 atom stereocenters. The lowest BCUT2D eigenvalue weighted by Gasteiger charge is -2.32. The number of benzene rings is 1. The number of aromatic amines is 1. The maximum Gasteiger partial charge on any atom is 0.270 e. The molecule has 1 N–H and O–H groups in total. The number of H-pyrrole nitrogens is 1. The van der Waals surface area contributed by atoms with E-state index < -0.39 is 6.67 Å². The first-order valence-corrected chi connectivity index (χ1v) is 9.81. The van der Waals surface area contributed by atoms with Gasteiger partial charge in [-0.25, -0.2) is 9.37 Å². The van der Waals surface area contributed by atoms with E-state index in [1.807, 2.05) is 12.1 Å². The Balaban J connectivity index is 1.46. The second-order valence-electron chi connectivity index (χ2n) is 6.54. The molecule has 1 saturated heterocycles. The number of nitriles is 1. The van der Waals surface area contributed by atoms with E-state index >= 15 is 0 Å². The van der Waals surface area contributed by atoms with Gasteiger partial charge in [0.1, 0.15) is 29.1 Å². The van der Waals surface area contributed by atoms with E-state index in [0.29, 0.717) is 27.5 Å². The van der Waals surface area contributed by atoms with Gasteiger partial charge in [-0.2, -0.15) is 10.2 Å². The summed E-state index contributed by atoms with van der Waals surface area (Å²) in [5.41, 5.74) is 0.680. The number of rotatable bonds is 5. The minimum Gasteiger partial charge on any atom is -0.490 e. The largest absolute Gasteiger partial charge is 0.490 e. The first-order valence-electron chi connectivity index (χ1n) is 9.00. The van der Waals surface area contributed by atoms with Crippen molar-refractivity contribution < 1.29 is 9.13 Å². The van der Waals surface area contributed by atoms with Crippen LogP contribution in [-0.2, 0) is 13.1 Å². The smallest absolute Gasteiger partial charge is 0.270 e. The quantitative estimate of drug-likeness (QED) is 0.709. The number of thiazole rings is 1. The number of alkyl halides is 1. The van der Waals surface area contributed by atoms with Gasteiger partial charge in [-0.05, 0) is 6.07 Å². The van der Waals surface area contributed by atoms with Crippen LogP contribution in [0, 0.1) is 11.3 Å². The van der Waals surface area contributed by atoms with Gasteiger partial charge < -0.3 is 14.6 Å². The van der Waals surface area contributed by atoms with Gasteiger partial charge in [-0.15, -0.1) is 0 Å². The third-order valence-electron chi connectivity index (χ3n) is 4.67. The molecule has 0 radical (unpaired) electrons. The van der Waals surface area contributed by atoms with Gasteiger partial charge in [0, 0.05) is 31.5 Å². The Labute approximate surface area is 164 Å². The van der Waals surface area contributed by atoms with Crippen LogP contribution in [-0.4, -0.2) is 34.1 Å². The average Bonchev–Trinajstić information content (AvgIpc) is 3.14. The van der Waals surface area contributed by atoms with Crippen molar-refractivity contribution in [2.24, 2.45) is 0 Å². The summed E-state index contributed by atoms with van der Waals surface area (Å²) >= 11 is 1.30. The first kappa shape index (κ1) is 18.4. The van der Waals surface area contributed by atoms with E-state index in [-0.39, 0.29) is 18.1 Å². The fourth-order valence-electron chi connectivity index (χ4n) is 3.24. The predicted molar refractivity (Wildman–Crippen MR) is 104 cm³/mol. The van der Waals surface area contributed by atoms with E-state index in [0.717, 1.165) is 31.1 Å². The van der Waals surface area contributed by atoms with Gasteiger partial charge >= 0.3 is 0 Å². The van der Waals surface area contributed by atoms with Gasteiger partial charge in [-0.1, -0.05) is 29.5 Å². The Kier molecular flexibility index (Phi) is 5.21. The molecule has 3 aromatic rings. The molecule has 0 spiro atoms. The normalized spacial score (nSPS) is 14.9. The van der Waals surface area contributed by atoms with Crippen LogP contribution in [0.15, 0.2) is 29.1 Å². The topological polar surface area (TPSA) is 94.9 Å². The van der Waals surface area contributed by atoms with Crippen molar-refractivity contribution in [2.45, 2.75) is 32.0 Å². The van der Waals surface area contributed by atoms with Crippen LogP contribution in [0.2, 0.25) is 0 Å². The predicted octanol–water partition coefficient (Wildman–Crippen LogP) is 2.96. The molecule has 0 bridgehead atoms. The molecule has 0 unspecified atom stereocenters. The fraction of sp³-hybridized carbons (Fsp3) is 0.368. The van der Waals surface area contributed by atoms with Crippen LogP contribution in [0.3, 0.4) is 0 Å². The molecule has 0 amide bonds. The van der Waals surface area contributed by atoms with Crippen molar-refractivity contribution in [1.29, 1.82) is 5.26 Å². The number of halogens is 1. The van der Waals surface area contributed by atoms with Crippen molar-refractivity contribution in [2.75, 3.05) is 18.0 Å². The Morgan fingerprint density at radius 1 is 1.32 bits per heavy atom. The summed E-state index contributed by atoms with van der Waals surface area (Å²) in [7, 11) is 0. The summed E-state index contributed by atoms with van der Waals surface area (Å²) < 4.78 is 19.6. The second kappa shape index (κ2) is 7.94. The molecule has 4 rings (SSSR count). The Morgan fingerprint density at radius 3 is 2.86 bits per heavy atom. The summed E-state index contributed by atoms with van der Waals surface area (Å²) in [6.45, 7) is 0.909. The number of ether oxygens (including phenoxy) is 1. The Morgan fingerprint density at radius 2 is 2.11 bits per heavy atom. The van der Waals surface area contributed by atoms with E-state index in [9.17, 15) is 9.18 Å². The van der Waals surface area contributed by atoms with Crippen LogP contribution in [0.25, 0.3) is 10.3 Å². The molecule has 1 aromatic carbocycles. The summed E-state index contributed by atoms with van der Waals surface area (Å²) in [5, 5.41) is 9.52. The lowest BCUT2D eigenvalue weighted by Crippen LogP contribution is -2.38. The van der Waals surface area contributed by atoms with Crippen molar-refractivity contribution in [3.05, 3.63) is 46.0 Å². The zero-order valence-corrected chi connectivity index (χ0v) is 15.8. The molecule has 1 aliphatic rings. The molecule has 0 aliphatic carbocycles. The molecule has 28 heavy (non-hydrogen) atoms. The highest BCUT2D eigenvalue weighted by molar-refractivity contribution is 7.22. The maximum atomic E-state index is 13.1. The molecular weight excluding hydrogens is 381 g/mol. The summed E-state index contributed by atoms with van der Waals surface area (Å²) in [4.78, 5) is 25.7. The van der Waals surface area contributed by atoms with E-state index in [1.165, 1.54) is 11.3 Å². The van der Waals surface area contributed by atoms with Gasteiger partial charge in [0.15, 0.2) is 10.8 Å². The molecule has 1 fully saturated rings. The Hall–Kier alpha value is -2.99. The number of para-hydroxylation sites is 1. The second-order valence-corrected chi connectivity index (χ2v) is 7.52. The average molecular weight is 399 g/mol. The number of fused-ring (bicyclic) bond motifs is 1. The molecule has 3 heterocycles. The number of piperidine rings is 1. The number of hydrogen-bond acceptors (Lipinski definition) is 7. The monoisotopic (exact) mass is 399 g/mol. The lowest BCUT2D eigenvalue weighted by molar-refractivity contribution is 0.168. The maximum absolute atomic E-state index is 13.1. The number of anilines is 1. The standard InChI is InChI=1S/C19H18FN5O2S/c20-11-12-3-1-2-4-14(12)27-13-6-9-25(10-7-13)19-24-17-16(28-19)18(26)23-15(22-17)5-8-21/h1-4,13H,5-7,9-11H2,(H,22,23,26). The minimum absolute atomic E-state index is 0.0158. The minimum atomic E-state index is -0.546. The highest BCUT2D eigenvalue weighted by Crippen LogP contribution is 2.29. The van der Waals surface area contributed by atoms with Gasteiger partial charge in [-0.3, -0.25) is 4.79 Å². The van der Waals surface area contributed by atoms with Crippen LogP contribution < -0.4 is 15.2 Å². The van der Waals surface area contributed by atoms with Crippen molar-refractivity contribution in [3.8, 4) is 11.8 Å². The van der Waals surface area contributed by atoms with Crippen LogP contribution in [0.5, 0.6) is 5.75 Å². The molecule has 9 heteroatoms. The third-order valence-corrected chi connectivity index (χ3v) is 5.78. The molecule has 7 nitrogen and oxygen atoms in total. The van der Waals surface area contributed by atoms with Gasteiger partial charge in [0.2, 0.25) is 0 Å². The lowest BCUT2D eigenvalue weighted by atomic mass is 10.1. The number of nitrogens with zero attached hydrogens (tertiary/aromatic N) is 4. The van der Waals surface area contributed by atoms with E-state index in [1.54, 1.807) is 18.2 Å². The SMILES string of the molecule is N#CCc1nc2nc(N3CCC(Oc4ccccc4CF)CC3)sc2c(=O)[nH]1. The molecular formula is C19H18FN5O2S. The zero-order chi connectivity index (χ0) is 19.5. The molecule has 144 valence electrons. The molecule has 0 saturated carbocycles. The van der Waals surface area contributed by atoms with Gasteiger partial charge in [0.05, 0.1) is 12.5 Å². The molecule has 1 aliphatic heterocycles. The number of hydrogen-bond donors (Lipinski definition) is 1. The molecule has 2 aromatic heterocycles. The van der Waals surface area contributed by atoms with E-state index in [2.05, 4.69) is 19.9 Å². The highest BCUT2D eigenvalue weighted by Gasteiger charge is 2.24. The number of aromatic nitrogens is 3. The first-order chi connectivity index (χ1) is 13.7.